The molecule has 0 aromatic heterocycles. The number of hydrogen-bond donors (Lipinski definition) is 9. The van der Waals surface area contributed by atoms with Gasteiger partial charge in [0, 0.05) is 12.8 Å². The Morgan fingerprint density at radius 2 is 1.21 bits per heavy atom. The van der Waals surface area contributed by atoms with Crippen LogP contribution in [-0.4, -0.2) is 112 Å². The SMILES string of the molecule is CCCC[C@H](NC(=O)[C@H](CC(C)C)NC(=O)[C@@H](NC(=O)[C@H](Cc1ccccc1C)NC(=O)[C@@H](COCc1ccccc1)NC(=O)[C@H](CC(=O)O)NC(=O)CCC(=O)O)C(C)(C)C)C(=O)C(N)=O. The molecule has 67 heavy (non-hydrogen) atoms. The maximum atomic E-state index is 14.5. The molecule has 0 unspecified atom stereocenters. The van der Waals surface area contributed by atoms with Gasteiger partial charge in [-0.05, 0) is 47.8 Å². The molecule has 0 saturated heterocycles. The van der Waals surface area contributed by atoms with Gasteiger partial charge in [-0.2, -0.15) is 0 Å². The van der Waals surface area contributed by atoms with Crippen molar-refractivity contribution in [1.82, 2.24) is 31.9 Å². The lowest BCUT2D eigenvalue weighted by Gasteiger charge is -2.34. The number of carbonyl (C=O) groups excluding carboxylic acids is 8. The third kappa shape index (κ3) is 20.6. The molecule has 368 valence electrons. The highest BCUT2D eigenvalue weighted by molar-refractivity contribution is 6.37. The number of hydrogen-bond acceptors (Lipinski definition) is 11. The highest BCUT2D eigenvalue weighted by atomic mass is 16.5. The van der Waals surface area contributed by atoms with Crippen molar-refractivity contribution in [3.8, 4) is 0 Å². The highest BCUT2D eigenvalue weighted by Gasteiger charge is 2.39. The molecule has 20 heteroatoms. The molecule has 2 aromatic carbocycles. The first-order valence-electron chi connectivity index (χ1n) is 22.2. The van der Waals surface area contributed by atoms with Crippen molar-refractivity contribution >= 4 is 59.1 Å². The smallest absolute Gasteiger partial charge is 0.305 e. The molecule has 0 bridgehead atoms. The van der Waals surface area contributed by atoms with Gasteiger partial charge < -0.3 is 52.6 Å². The van der Waals surface area contributed by atoms with E-state index in [1.807, 2.05) is 20.8 Å². The number of Topliss-reactive ketones (excluding diaryl/α,β-unsaturated/α-hetero) is 1. The number of ketones is 1. The topological polar surface area (TPSA) is 319 Å². The summed E-state index contributed by atoms with van der Waals surface area (Å²) in [6.07, 6.45) is -0.806. The minimum atomic E-state index is -1.74. The minimum Gasteiger partial charge on any atom is -0.481 e. The number of primary amides is 1. The van der Waals surface area contributed by atoms with Gasteiger partial charge >= 0.3 is 11.9 Å². The first-order chi connectivity index (χ1) is 31.4. The van der Waals surface area contributed by atoms with Crippen LogP contribution in [0.3, 0.4) is 0 Å². The zero-order valence-corrected chi connectivity index (χ0v) is 39.3. The second-order valence-corrected chi connectivity index (χ2v) is 17.8. The van der Waals surface area contributed by atoms with Crippen LogP contribution in [0, 0.1) is 18.3 Å². The monoisotopic (exact) mass is 937 g/mol. The van der Waals surface area contributed by atoms with Crippen LogP contribution in [0.5, 0.6) is 0 Å². The molecule has 0 aliphatic heterocycles. The van der Waals surface area contributed by atoms with E-state index in [0.29, 0.717) is 24.0 Å². The summed E-state index contributed by atoms with van der Waals surface area (Å²) in [5.41, 5.74) is 6.32. The first-order valence-corrected chi connectivity index (χ1v) is 22.2. The second-order valence-electron chi connectivity index (χ2n) is 17.8. The van der Waals surface area contributed by atoms with Crippen LogP contribution >= 0.6 is 0 Å². The lowest BCUT2D eigenvalue weighted by atomic mass is 9.85. The lowest BCUT2D eigenvalue weighted by Crippen LogP contribution is -2.62. The zero-order valence-electron chi connectivity index (χ0n) is 39.3. The summed E-state index contributed by atoms with van der Waals surface area (Å²) < 4.78 is 5.81. The summed E-state index contributed by atoms with van der Waals surface area (Å²) >= 11 is 0. The van der Waals surface area contributed by atoms with Gasteiger partial charge in [0.15, 0.2) is 0 Å². The van der Waals surface area contributed by atoms with Crippen LogP contribution in [0.25, 0.3) is 0 Å². The summed E-state index contributed by atoms with van der Waals surface area (Å²) in [4.78, 5) is 130. The van der Waals surface area contributed by atoms with Gasteiger partial charge in [-0.1, -0.05) is 109 Å². The number of amides is 7. The maximum absolute atomic E-state index is 14.5. The van der Waals surface area contributed by atoms with Crippen molar-refractivity contribution in [3.63, 3.8) is 0 Å². The van der Waals surface area contributed by atoms with Crippen LogP contribution in [0.2, 0.25) is 0 Å². The van der Waals surface area contributed by atoms with Gasteiger partial charge in [0.05, 0.1) is 32.1 Å². The molecular weight excluding hydrogens is 871 g/mol. The Balaban J connectivity index is 2.53. The molecule has 0 spiro atoms. The van der Waals surface area contributed by atoms with Crippen LogP contribution in [0.1, 0.15) is 103 Å². The molecule has 6 atom stereocenters. The number of ether oxygens (including phenoxy) is 1. The van der Waals surface area contributed by atoms with Crippen LogP contribution in [-0.2, 0) is 65.7 Å². The number of nitrogens with two attached hydrogens (primary N) is 1. The summed E-state index contributed by atoms with van der Waals surface area (Å²) in [6.45, 7) is 11.7. The molecule has 0 aliphatic carbocycles. The number of rotatable bonds is 29. The third-order valence-electron chi connectivity index (χ3n) is 10.4. The van der Waals surface area contributed by atoms with E-state index in [2.05, 4.69) is 31.9 Å². The molecule has 0 radical (unpaired) electrons. The molecule has 2 aromatic rings. The Morgan fingerprint density at radius 3 is 1.78 bits per heavy atom. The molecule has 0 heterocycles. The number of aryl methyl sites for hydroxylation is 1. The van der Waals surface area contributed by atoms with Crippen molar-refractivity contribution in [3.05, 3.63) is 71.3 Å². The van der Waals surface area contributed by atoms with Gasteiger partial charge in [-0.15, -0.1) is 0 Å². The van der Waals surface area contributed by atoms with E-state index in [1.165, 1.54) is 0 Å². The molecular formula is C47H67N7O13. The van der Waals surface area contributed by atoms with Gasteiger partial charge in [0.2, 0.25) is 41.2 Å². The van der Waals surface area contributed by atoms with Gasteiger partial charge in [0.25, 0.3) is 5.91 Å². The summed E-state index contributed by atoms with van der Waals surface area (Å²) in [5.74, 6) is -10.5. The Labute approximate surface area is 390 Å². The molecule has 0 aliphatic rings. The minimum absolute atomic E-state index is 0.0306. The van der Waals surface area contributed by atoms with Crippen LogP contribution < -0.4 is 37.6 Å². The number of carboxylic acids is 2. The fraction of sp³-hybridized carbons (Fsp3) is 0.532. The van der Waals surface area contributed by atoms with Crippen molar-refractivity contribution in [1.29, 1.82) is 0 Å². The number of carbonyl (C=O) groups is 10. The summed E-state index contributed by atoms with van der Waals surface area (Å²) in [6, 6.07) is 7.26. The van der Waals surface area contributed by atoms with Crippen molar-refractivity contribution in [2.45, 2.75) is 143 Å². The summed E-state index contributed by atoms with van der Waals surface area (Å²) in [5, 5.41) is 33.8. The quantitative estimate of drug-likeness (QED) is 0.0521. The Hall–Kier alpha value is -6.70. The first kappa shape index (κ1) is 56.4. The number of benzene rings is 2. The fourth-order valence-corrected chi connectivity index (χ4v) is 6.73. The van der Waals surface area contributed by atoms with E-state index in [0.717, 1.165) is 5.56 Å². The molecule has 7 amide bonds. The highest BCUT2D eigenvalue weighted by Crippen LogP contribution is 2.21. The van der Waals surface area contributed by atoms with Gasteiger partial charge in [0.1, 0.15) is 30.2 Å². The molecule has 20 nitrogen and oxygen atoms in total. The Morgan fingerprint density at radius 1 is 0.657 bits per heavy atom. The van der Waals surface area contributed by atoms with E-state index >= 15 is 0 Å². The molecule has 0 saturated carbocycles. The Kier molecular flexibility index (Phi) is 23.3. The van der Waals surface area contributed by atoms with E-state index < -0.39 is 127 Å². The Bertz CT molecular complexity index is 2050. The van der Waals surface area contributed by atoms with Crippen LogP contribution in [0.15, 0.2) is 54.6 Å². The largest absolute Gasteiger partial charge is 0.481 e. The van der Waals surface area contributed by atoms with E-state index in [4.69, 9.17) is 15.6 Å². The van der Waals surface area contributed by atoms with Crippen molar-refractivity contribution in [2.75, 3.05) is 6.61 Å². The van der Waals surface area contributed by atoms with E-state index in [-0.39, 0.29) is 31.8 Å². The maximum Gasteiger partial charge on any atom is 0.305 e. The van der Waals surface area contributed by atoms with Crippen molar-refractivity contribution in [2.24, 2.45) is 17.1 Å². The zero-order chi connectivity index (χ0) is 50.4. The second kappa shape index (κ2) is 27.7. The standard InChI is InChI=1S/C47H67N7O13/c1-8-9-19-31(39(60)41(48)61)50-42(62)32(22-27(2)3)52-46(66)40(47(5,6)7)54-44(64)33(23-30-18-14-13-15-28(30)4)51-45(65)35(26-67-25-29-16-11-10-12-17-29)53-43(63)34(24-38(58)59)49-36(55)20-21-37(56)57/h10-18,27,31-35,40H,8-9,19-26H2,1-7H3,(H2,48,61)(H,49,55)(H,50,62)(H,51,65)(H,52,66)(H,53,63)(H,54,64)(H,56,57)(H,58,59)/t31-,32-,33-,34-,35+,40+/m0/s1. The predicted octanol–water partition coefficient (Wildman–Crippen LogP) is 1.34. The fourth-order valence-electron chi connectivity index (χ4n) is 6.73. The molecule has 0 fully saturated rings. The van der Waals surface area contributed by atoms with Gasteiger partial charge in [-0.3, -0.25) is 47.9 Å². The predicted molar refractivity (Wildman–Crippen MR) is 244 cm³/mol. The van der Waals surface area contributed by atoms with Crippen molar-refractivity contribution < 1.29 is 62.9 Å². The number of carboxylic acid groups (broad SMARTS) is 2. The van der Waals surface area contributed by atoms with Gasteiger partial charge in [-0.25, -0.2) is 0 Å². The molecule has 10 N–H and O–H groups in total. The average Bonchev–Trinajstić information content (AvgIpc) is 3.24. The molecule has 2 rings (SSSR count). The number of nitrogens with one attached hydrogen (secondary N) is 6. The third-order valence-corrected chi connectivity index (χ3v) is 10.4. The summed E-state index contributed by atoms with van der Waals surface area (Å²) in [7, 11) is 0. The number of unbranched alkanes of at least 4 members (excludes halogenated alkanes) is 1. The average molecular weight is 938 g/mol. The number of aliphatic carboxylic acids is 2. The normalized spacial score (nSPS) is 13.9. The van der Waals surface area contributed by atoms with E-state index in [9.17, 15) is 53.1 Å². The lowest BCUT2D eigenvalue weighted by molar-refractivity contribution is -0.142. The van der Waals surface area contributed by atoms with Crippen LogP contribution in [0.4, 0.5) is 0 Å². The van der Waals surface area contributed by atoms with E-state index in [1.54, 1.807) is 82.3 Å².